The molecule has 0 fully saturated rings. The smallest absolute Gasteiger partial charge is 0.0344 e. The summed E-state index contributed by atoms with van der Waals surface area (Å²) in [6.45, 7) is 11.5. The average molecular weight is 1030 g/mol. The van der Waals surface area contributed by atoms with Crippen molar-refractivity contribution in [1.82, 2.24) is 0 Å². The summed E-state index contributed by atoms with van der Waals surface area (Å²) in [7, 11) is 0. The SMILES string of the molecule is [CH2]c1cc(SCCCCCCCCCCCCCCCCCCCC)c(SCCCCCCCCCCCCCCCCCCCC)c(SCCCCCCCCCCCCCCCCCCCC)c1. The van der Waals surface area contributed by atoms with E-state index in [2.05, 4.69) is 75.1 Å². The van der Waals surface area contributed by atoms with Crippen LogP contribution < -0.4 is 0 Å². The Morgan fingerprint density at radius 1 is 0.229 bits per heavy atom. The van der Waals surface area contributed by atoms with Gasteiger partial charge in [-0.2, -0.15) is 0 Å². The van der Waals surface area contributed by atoms with E-state index in [0.29, 0.717) is 0 Å². The summed E-state index contributed by atoms with van der Waals surface area (Å²) < 4.78 is 0. The van der Waals surface area contributed by atoms with Crippen LogP contribution in [0.5, 0.6) is 0 Å². The van der Waals surface area contributed by atoms with Crippen molar-refractivity contribution in [3.8, 4) is 0 Å². The normalized spacial score (nSPS) is 11.7. The van der Waals surface area contributed by atoms with Crippen molar-refractivity contribution >= 4 is 35.3 Å². The third kappa shape index (κ3) is 49.2. The maximum absolute atomic E-state index is 4.50. The van der Waals surface area contributed by atoms with Crippen molar-refractivity contribution in [3.05, 3.63) is 24.6 Å². The summed E-state index contributed by atoms with van der Waals surface area (Å²) in [6.07, 6.45) is 78.2. The lowest BCUT2D eigenvalue weighted by molar-refractivity contribution is 0.526. The standard InChI is InChI=1S/C67H127S3/c1-5-8-11-14-17-20-23-26-29-32-35-38-41-44-47-50-53-56-59-68-65-62-64(4)63-66(69-60-57-54-51-48-45-42-39-36-33-30-27-24-21-18-15-12-9-6-2)67(65)70-61-58-55-52-49-46-43-40-37-34-31-28-25-22-19-16-13-10-7-3/h62-63H,4-61H2,1-3H3. The van der Waals surface area contributed by atoms with E-state index in [1.807, 2.05) is 0 Å². The minimum absolute atomic E-state index is 1.22. The van der Waals surface area contributed by atoms with Gasteiger partial charge in [-0.1, -0.05) is 348 Å². The highest BCUT2D eigenvalue weighted by Gasteiger charge is 2.13. The molecule has 0 saturated heterocycles. The molecular formula is C67H127S3. The molecule has 0 aliphatic heterocycles. The largest absolute Gasteiger partial charge is 0.125 e. The molecule has 0 aromatic heterocycles. The Balaban J connectivity index is 2.33. The lowest BCUT2D eigenvalue weighted by Crippen LogP contribution is -1.92. The first-order valence-corrected chi connectivity index (χ1v) is 35.6. The van der Waals surface area contributed by atoms with Crippen LogP contribution in [0.1, 0.15) is 373 Å². The number of thioether (sulfide) groups is 3. The second kappa shape index (κ2) is 58.5. The molecule has 413 valence electrons. The fourth-order valence-corrected chi connectivity index (χ4v) is 14.4. The van der Waals surface area contributed by atoms with Crippen LogP contribution in [0, 0.1) is 6.92 Å². The number of hydrogen-bond acceptors (Lipinski definition) is 3. The zero-order valence-electron chi connectivity index (χ0n) is 48.4. The van der Waals surface area contributed by atoms with E-state index in [9.17, 15) is 0 Å². The van der Waals surface area contributed by atoms with E-state index >= 15 is 0 Å². The maximum atomic E-state index is 4.50. The molecule has 1 radical (unpaired) electrons. The number of unbranched alkanes of at least 4 members (excludes halogenated alkanes) is 51. The van der Waals surface area contributed by atoms with Crippen LogP contribution in [-0.2, 0) is 0 Å². The molecule has 70 heavy (non-hydrogen) atoms. The van der Waals surface area contributed by atoms with Crippen LogP contribution in [0.15, 0.2) is 26.8 Å². The summed E-state index contributed by atoms with van der Waals surface area (Å²) in [5.74, 6) is 3.80. The van der Waals surface area contributed by atoms with Crippen molar-refractivity contribution in [2.24, 2.45) is 0 Å². The predicted octanol–water partition coefficient (Wildman–Crippen LogP) is 26.3. The highest BCUT2D eigenvalue weighted by molar-refractivity contribution is 8.03. The minimum atomic E-state index is 1.22. The van der Waals surface area contributed by atoms with Gasteiger partial charge in [0.1, 0.15) is 0 Å². The molecule has 0 nitrogen and oxygen atoms in total. The van der Waals surface area contributed by atoms with Gasteiger partial charge in [-0.25, -0.2) is 0 Å². The molecule has 1 aromatic carbocycles. The van der Waals surface area contributed by atoms with Gasteiger partial charge in [-0.3, -0.25) is 0 Å². The monoisotopic (exact) mass is 1030 g/mol. The Morgan fingerprint density at radius 3 is 0.571 bits per heavy atom. The Morgan fingerprint density at radius 2 is 0.386 bits per heavy atom. The summed E-state index contributed by atoms with van der Waals surface area (Å²) in [6, 6.07) is 4.86. The van der Waals surface area contributed by atoms with Crippen LogP contribution in [0.3, 0.4) is 0 Å². The summed E-state index contributed by atoms with van der Waals surface area (Å²) in [4.78, 5) is 4.67. The zero-order chi connectivity index (χ0) is 50.2. The summed E-state index contributed by atoms with van der Waals surface area (Å²) >= 11 is 6.48. The van der Waals surface area contributed by atoms with Gasteiger partial charge in [0.15, 0.2) is 0 Å². The van der Waals surface area contributed by atoms with Gasteiger partial charge in [0, 0.05) is 14.7 Å². The molecule has 0 atom stereocenters. The fourth-order valence-electron chi connectivity index (χ4n) is 10.5. The molecular weight excluding hydrogens is 901 g/mol. The first-order valence-electron chi connectivity index (χ1n) is 32.6. The van der Waals surface area contributed by atoms with Crippen LogP contribution in [0.4, 0.5) is 0 Å². The zero-order valence-corrected chi connectivity index (χ0v) is 50.8. The summed E-state index contributed by atoms with van der Waals surface area (Å²) in [5.41, 5.74) is 1.22. The van der Waals surface area contributed by atoms with Crippen molar-refractivity contribution in [2.45, 2.75) is 382 Å². The molecule has 0 unspecified atom stereocenters. The van der Waals surface area contributed by atoms with Crippen LogP contribution in [0.2, 0.25) is 0 Å². The van der Waals surface area contributed by atoms with Crippen molar-refractivity contribution < 1.29 is 0 Å². The fraction of sp³-hybridized carbons (Fsp3) is 0.896. The van der Waals surface area contributed by atoms with Crippen molar-refractivity contribution in [2.75, 3.05) is 17.3 Å². The van der Waals surface area contributed by atoms with Crippen LogP contribution >= 0.6 is 35.3 Å². The van der Waals surface area contributed by atoms with Gasteiger partial charge in [-0.05, 0) is 61.1 Å². The molecule has 0 aliphatic rings. The molecule has 0 N–H and O–H groups in total. The molecule has 3 heteroatoms. The molecule has 0 spiro atoms. The Hall–Kier alpha value is 0.270. The van der Waals surface area contributed by atoms with Gasteiger partial charge in [0.05, 0.1) is 0 Å². The average Bonchev–Trinajstić information content (AvgIpc) is 3.36. The second-order valence-corrected chi connectivity index (χ2v) is 25.9. The van der Waals surface area contributed by atoms with Gasteiger partial charge in [0.2, 0.25) is 0 Å². The second-order valence-electron chi connectivity index (χ2n) is 22.5. The van der Waals surface area contributed by atoms with Crippen LogP contribution in [-0.4, -0.2) is 17.3 Å². The van der Waals surface area contributed by atoms with E-state index < -0.39 is 0 Å². The molecule has 0 saturated carbocycles. The van der Waals surface area contributed by atoms with E-state index in [-0.39, 0.29) is 0 Å². The highest BCUT2D eigenvalue weighted by Crippen LogP contribution is 2.41. The van der Waals surface area contributed by atoms with E-state index in [1.165, 1.54) is 379 Å². The Bertz CT molecular complexity index is 1070. The minimum Gasteiger partial charge on any atom is -0.125 e. The molecule has 0 heterocycles. The van der Waals surface area contributed by atoms with E-state index in [1.54, 1.807) is 4.90 Å². The quantitative estimate of drug-likeness (QED) is 0.0471. The van der Waals surface area contributed by atoms with E-state index in [0.717, 1.165) is 0 Å². The number of rotatable bonds is 60. The third-order valence-electron chi connectivity index (χ3n) is 15.3. The van der Waals surface area contributed by atoms with Crippen molar-refractivity contribution in [3.63, 3.8) is 0 Å². The van der Waals surface area contributed by atoms with Gasteiger partial charge < -0.3 is 0 Å². The first kappa shape index (κ1) is 68.3. The third-order valence-corrected chi connectivity index (χ3v) is 19.1. The van der Waals surface area contributed by atoms with Crippen molar-refractivity contribution in [1.29, 1.82) is 0 Å². The molecule has 0 aliphatic carbocycles. The highest BCUT2D eigenvalue weighted by atomic mass is 32.2. The molecule has 1 aromatic rings. The van der Waals surface area contributed by atoms with E-state index in [4.69, 9.17) is 0 Å². The molecule has 1 rings (SSSR count). The maximum Gasteiger partial charge on any atom is 0.0344 e. The Labute approximate surface area is 456 Å². The number of benzene rings is 1. The van der Waals surface area contributed by atoms with Gasteiger partial charge in [-0.15, -0.1) is 35.3 Å². The number of hydrogen-bond donors (Lipinski definition) is 0. The molecule has 0 amide bonds. The lowest BCUT2D eigenvalue weighted by atomic mass is 10.0. The van der Waals surface area contributed by atoms with Gasteiger partial charge >= 0.3 is 0 Å². The lowest BCUT2D eigenvalue weighted by Gasteiger charge is -2.16. The summed E-state index contributed by atoms with van der Waals surface area (Å²) in [5, 5.41) is 0. The van der Waals surface area contributed by atoms with Gasteiger partial charge in [0.25, 0.3) is 0 Å². The Kier molecular flexibility index (Phi) is 57.1. The van der Waals surface area contributed by atoms with Crippen LogP contribution in [0.25, 0.3) is 0 Å². The first-order chi connectivity index (χ1) is 34.7. The topological polar surface area (TPSA) is 0 Å². The predicted molar refractivity (Wildman–Crippen MR) is 329 cm³/mol. The molecule has 0 bridgehead atoms.